The van der Waals surface area contributed by atoms with Crippen LogP contribution in [0.5, 0.6) is 0 Å². The highest BCUT2D eigenvalue weighted by atomic mass is 19.1. The monoisotopic (exact) mass is 421 g/mol. The lowest BCUT2D eigenvalue weighted by atomic mass is 9.85. The quantitative estimate of drug-likeness (QED) is 0.389. The van der Waals surface area contributed by atoms with Gasteiger partial charge in [-0.3, -0.25) is 4.79 Å². The van der Waals surface area contributed by atoms with Gasteiger partial charge in [0.05, 0.1) is 0 Å². The van der Waals surface area contributed by atoms with Gasteiger partial charge < -0.3 is 10.3 Å². The number of hydrogen-bond acceptors (Lipinski definition) is 2. The second-order valence-electron chi connectivity index (χ2n) is 7.94. The number of halogens is 2. The second-order valence-corrected chi connectivity index (χ2v) is 7.94. The minimum Gasteiger partial charge on any atom is -0.353 e. The molecular formula is C25H25F2N3O. The van der Waals surface area contributed by atoms with Crippen LogP contribution in [-0.4, -0.2) is 22.4 Å². The Bertz CT molecular complexity index is 982. The lowest BCUT2D eigenvalue weighted by Crippen LogP contribution is -2.22. The molecule has 6 heteroatoms. The van der Waals surface area contributed by atoms with E-state index in [1.807, 2.05) is 6.08 Å². The first-order valence-electron chi connectivity index (χ1n) is 10.5. The Morgan fingerprint density at radius 3 is 2.29 bits per heavy atom. The molecule has 1 aromatic heterocycles. The van der Waals surface area contributed by atoms with Crippen molar-refractivity contribution in [3.05, 3.63) is 102 Å². The van der Waals surface area contributed by atoms with Crippen LogP contribution in [0.25, 0.3) is 0 Å². The summed E-state index contributed by atoms with van der Waals surface area (Å²) in [7, 11) is 0. The highest BCUT2D eigenvalue weighted by molar-refractivity contribution is 5.87. The third kappa shape index (κ3) is 4.90. The number of nitrogens with zero attached hydrogens (tertiary/aromatic N) is 1. The Morgan fingerprint density at radius 2 is 1.71 bits per heavy atom. The van der Waals surface area contributed by atoms with Crippen molar-refractivity contribution >= 4 is 5.91 Å². The van der Waals surface area contributed by atoms with Crippen LogP contribution in [-0.2, 0) is 16.6 Å². The molecule has 1 atom stereocenters. The summed E-state index contributed by atoms with van der Waals surface area (Å²) in [4.78, 5) is 19.5. The van der Waals surface area contributed by atoms with Gasteiger partial charge in [0.2, 0.25) is 5.91 Å². The minimum absolute atomic E-state index is 0.0909. The number of benzene rings is 2. The summed E-state index contributed by atoms with van der Waals surface area (Å²) in [5.41, 5.74) is 1.57. The van der Waals surface area contributed by atoms with Crippen LogP contribution in [0.15, 0.2) is 73.1 Å². The van der Waals surface area contributed by atoms with E-state index >= 15 is 0 Å². The zero-order valence-corrected chi connectivity index (χ0v) is 17.2. The molecule has 4 rings (SSSR count). The molecule has 160 valence electrons. The van der Waals surface area contributed by atoms with E-state index < -0.39 is 0 Å². The van der Waals surface area contributed by atoms with Crippen molar-refractivity contribution in [2.45, 2.75) is 31.1 Å². The van der Waals surface area contributed by atoms with Crippen molar-refractivity contribution < 1.29 is 13.6 Å². The third-order valence-electron chi connectivity index (χ3n) is 5.91. The fraction of sp³-hybridized carbons (Fsp3) is 0.280. The highest BCUT2D eigenvalue weighted by Gasteiger charge is 2.55. The molecule has 4 nitrogen and oxygen atoms in total. The zero-order valence-electron chi connectivity index (χ0n) is 17.2. The molecule has 0 aliphatic heterocycles. The topological polar surface area (TPSA) is 57.8 Å². The van der Waals surface area contributed by atoms with Gasteiger partial charge in [-0.15, -0.1) is 0 Å². The van der Waals surface area contributed by atoms with E-state index in [1.165, 1.54) is 24.3 Å². The van der Waals surface area contributed by atoms with Crippen LogP contribution in [0.1, 0.15) is 36.2 Å². The van der Waals surface area contributed by atoms with Crippen LogP contribution in [0.4, 0.5) is 8.78 Å². The number of aromatic nitrogens is 2. The number of imidazole rings is 1. The normalized spacial score (nSPS) is 17.0. The summed E-state index contributed by atoms with van der Waals surface area (Å²) in [5.74, 6) is 0.331. The van der Waals surface area contributed by atoms with Gasteiger partial charge in [0.15, 0.2) is 0 Å². The van der Waals surface area contributed by atoms with Crippen molar-refractivity contribution in [3.8, 4) is 0 Å². The maximum Gasteiger partial charge on any atom is 0.243 e. The van der Waals surface area contributed by atoms with Gasteiger partial charge in [-0.2, -0.15) is 0 Å². The SMILES string of the molecule is O=C(C=C[C@@H]1CC1(c1ccc(F)cc1)c1ccc(F)cc1)NCCCCc1ncc[nH]1. The first kappa shape index (κ1) is 21.0. The zero-order chi connectivity index (χ0) is 21.7. The van der Waals surface area contributed by atoms with Crippen LogP contribution in [0, 0.1) is 17.6 Å². The number of amides is 1. The standard InChI is InChI=1S/C25H25F2N3O/c26-21-9-4-18(5-10-21)25(19-6-11-22(27)12-7-19)17-20(25)8-13-24(31)30-14-2-1-3-23-28-15-16-29-23/h4-13,15-16,20H,1-3,14,17H2,(H,28,29)(H,30,31)/t20-/m1/s1. The number of aromatic amines is 1. The van der Waals surface area contributed by atoms with Gasteiger partial charge in [0.25, 0.3) is 0 Å². The van der Waals surface area contributed by atoms with Gasteiger partial charge in [-0.25, -0.2) is 13.8 Å². The molecule has 1 saturated carbocycles. The van der Waals surface area contributed by atoms with Gasteiger partial charge in [0.1, 0.15) is 17.5 Å². The summed E-state index contributed by atoms with van der Waals surface area (Å²) >= 11 is 0. The predicted molar refractivity (Wildman–Crippen MR) is 115 cm³/mol. The van der Waals surface area contributed by atoms with Gasteiger partial charge in [-0.1, -0.05) is 30.3 Å². The molecule has 2 N–H and O–H groups in total. The van der Waals surface area contributed by atoms with Crippen molar-refractivity contribution in [3.63, 3.8) is 0 Å². The Kier molecular flexibility index (Phi) is 6.26. The summed E-state index contributed by atoms with van der Waals surface area (Å²) in [5, 5.41) is 2.91. The van der Waals surface area contributed by atoms with E-state index in [2.05, 4.69) is 15.3 Å². The Labute approximate surface area is 180 Å². The maximum atomic E-state index is 13.4. The summed E-state index contributed by atoms with van der Waals surface area (Å²) in [6.45, 7) is 0.607. The van der Waals surface area contributed by atoms with E-state index in [1.54, 1.807) is 42.7 Å². The molecule has 3 aromatic rings. The molecule has 0 unspecified atom stereocenters. The molecule has 1 amide bonds. The molecule has 1 aliphatic carbocycles. The van der Waals surface area contributed by atoms with Crippen molar-refractivity contribution in [1.82, 2.24) is 15.3 Å². The average molecular weight is 421 g/mol. The van der Waals surface area contributed by atoms with Crippen LogP contribution in [0.3, 0.4) is 0 Å². The minimum atomic E-state index is -0.360. The van der Waals surface area contributed by atoms with Crippen LogP contribution in [0.2, 0.25) is 0 Å². The number of unbranched alkanes of at least 4 members (excludes halogenated alkanes) is 1. The van der Waals surface area contributed by atoms with Gasteiger partial charge >= 0.3 is 0 Å². The molecule has 0 bridgehead atoms. The molecule has 1 aliphatic rings. The van der Waals surface area contributed by atoms with Gasteiger partial charge in [-0.05, 0) is 66.6 Å². The molecule has 31 heavy (non-hydrogen) atoms. The Hall–Kier alpha value is -3.28. The molecule has 0 saturated heterocycles. The fourth-order valence-corrected chi connectivity index (χ4v) is 4.17. The molecule has 0 spiro atoms. The van der Waals surface area contributed by atoms with E-state index in [0.717, 1.165) is 42.6 Å². The predicted octanol–water partition coefficient (Wildman–Crippen LogP) is 4.69. The van der Waals surface area contributed by atoms with E-state index in [9.17, 15) is 13.6 Å². The van der Waals surface area contributed by atoms with Crippen LogP contribution < -0.4 is 5.32 Å². The Balaban J connectivity index is 1.35. The number of carbonyl (C=O) groups excluding carboxylic acids is 1. The summed E-state index contributed by atoms with van der Waals surface area (Å²) < 4.78 is 26.9. The third-order valence-corrected chi connectivity index (χ3v) is 5.91. The smallest absolute Gasteiger partial charge is 0.243 e. The lowest BCUT2D eigenvalue weighted by Gasteiger charge is -2.18. The number of H-pyrrole nitrogens is 1. The number of allylic oxidation sites excluding steroid dienone is 1. The van der Waals surface area contributed by atoms with Crippen molar-refractivity contribution in [2.24, 2.45) is 5.92 Å². The molecule has 2 aromatic carbocycles. The average Bonchev–Trinajstić information content (AvgIpc) is 3.26. The molecule has 0 radical (unpaired) electrons. The van der Waals surface area contributed by atoms with E-state index in [4.69, 9.17) is 0 Å². The van der Waals surface area contributed by atoms with Crippen molar-refractivity contribution in [2.75, 3.05) is 6.54 Å². The summed E-state index contributed by atoms with van der Waals surface area (Å²) in [6.07, 6.45) is 10.5. The largest absolute Gasteiger partial charge is 0.353 e. The molecule has 1 fully saturated rings. The number of rotatable bonds is 9. The Morgan fingerprint density at radius 1 is 1.06 bits per heavy atom. The number of nitrogens with one attached hydrogen (secondary N) is 2. The van der Waals surface area contributed by atoms with Gasteiger partial charge in [0, 0.05) is 30.8 Å². The van der Waals surface area contributed by atoms with E-state index in [-0.39, 0.29) is 28.9 Å². The molecule has 1 heterocycles. The second kappa shape index (κ2) is 9.25. The highest BCUT2D eigenvalue weighted by Crippen LogP contribution is 2.59. The van der Waals surface area contributed by atoms with Crippen LogP contribution >= 0.6 is 0 Å². The fourth-order valence-electron chi connectivity index (χ4n) is 4.17. The number of aryl methyl sites for hydroxylation is 1. The maximum absolute atomic E-state index is 13.4. The first-order chi connectivity index (χ1) is 15.1. The van der Waals surface area contributed by atoms with Crippen molar-refractivity contribution in [1.29, 1.82) is 0 Å². The number of carbonyl (C=O) groups is 1. The molecular weight excluding hydrogens is 396 g/mol. The summed E-state index contributed by atoms with van der Waals surface area (Å²) in [6, 6.07) is 12.8. The number of hydrogen-bond donors (Lipinski definition) is 2. The first-order valence-corrected chi connectivity index (χ1v) is 10.5. The lowest BCUT2D eigenvalue weighted by molar-refractivity contribution is -0.116. The van der Waals surface area contributed by atoms with E-state index in [0.29, 0.717) is 6.54 Å².